The van der Waals surface area contributed by atoms with Crippen molar-refractivity contribution < 1.29 is 0 Å². The Morgan fingerprint density at radius 3 is 2.85 bits per heavy atom. The van der Waals surface area contributed by atoms with E-state index in [-0.39, 0.29) is 0 Å². The molecule has 0 fully saturated rings. The van der Waals surface area contributed by atoms with Gasteiger partial charge in [-0.25, -0.2) is 9.67 Å². The van der Waals surface area contributed by atoms with E-state index in [1.54, 1.807) is 29.2 Å². The first-order valence-corrected chi connectivity index (χ1v) is 4.06. The Morgan fingerprint density at radius 1 is 1.38 bits per heavy atom. The molecule has 0 aromatic carbocycles. The van der Waals surface area contributed by atoms with Crippen molar-refractivity contribution in [1.29, 1.82) is 0 Å². The molecule has 2 aromatic heterocycles. The summed E-state index contributed by atoms with van der Waals surface area (Å²) in [5.74, 6) is 1.12. The van der Waals surface area contributed by atoms with Gasteiger partial charge in [0, 0.05) is 0 Å². The second-order valence-corrected chi connectivity index (χ2v) is 2.96. The Morgan fingerprint density at radius 2 is 2.23 bits per heavy atom. The number of nitrogen functional groups attached to an aromatic ring is 1. The van der Waals surface area contributed by atoms with Crippen LogP contribution in [0.25, 0.3) is 5.82 Å². The molecule has 2 rings (SSSR count). The summed E-state index contributed by atoms with van der Waals surface area (Å²) < 4.78 is 1.57. The van der Waals surface area contributed by atoms with Gasteiger partial charge < -0.3 is 5.73 Å². The van der Waals surface area contributed by atoms with Crippen LogP contribution in [0.3, 0.4) is 0 Å². The molecule has 0 saturated carbocycles. The Labute approximate surface area is 80.0 Å². The molecule has 0 bridgehead atoms. The molecule has 0 aliphatic heterocycles. The Balaban J connectivity index is 2.46. The van der Waals surface area contributed by atoms with E-state index in [1.165, 1.54) is 0 Å². The van der Waals surface area contributed by atoms with Crippen molar-refractivity contribution in [3.05, 3.63) is 35.6 Å². The molecule has 0 saturated heterocycles. The summed E-state index contributed by atoms with van der Waals surface area (Å²) in [6.45, 7) is 0. The van der Waals surface area contributed by atoms with Gasteiger partial charge in [0.05, 0.1) is 17.4 Å². The van der Waals surface area contributed by atoms with Crippen LogP contribution in [-0.4, -0.2) is 14.8 Å². The molecule has 0 spiro atoms. The van der Waals surface area contributed by atoms with E-state index in [2.05, 4.69) is 10.1 Å². The smallest absolute Gasteiger partial charge is 0.155 e. The summed E-state index contributed by atoms with van der Waals surface area (Å²) in [6, 6.07) is 5.33. The van der Waals surface area contributed by atoms with Crippen molar-refractivity contribution >= 4 is 17.4 Å². The minimum atomic E-state index is 0.462. The maximum atomic E-state index is 5.71. The number of halogens is 1. The molecule has 13 heavy (non-hydrogen) atoms. The molecule has 0 aliphatic rings. The van der Waals surface area contributed by atoms with Crippen LogP contribution in [0.1, 0.15) is 0 Å². The van der Waals surface area contributed by atoms with E-state index in [4.69, 9.17) is 17.3 Å². The van der Waals surface area contributed by atoms with E-state index in [1.807, 2.05) is 6.07 Å². The largest absolute Gasteiger partial charge is 0.384 e. The third kappa shape index (κ3) is 1.62. The van der Waals surface area contributed by atoms with Gasteiger partial charge in [-0.15, -0.1) is 0 Å². The summed E-state index contributed by atoms with van der Waals surface area (Å²) >= 11 is 5.71. The molecule has 0 amide bonds. The molecule has 0 radical (unpaired) electrons. The van der Waals surface area contributed by atoms with Gasteiger partial charge in [0.15, 0.2) is 5.82 Å². The molecule has 5 heteroatoms. The van der Waals surface area contributed by atoms with Gasteiger partial charge in [-0.2, -0.15) is 5.10 Å². The second kappa shape index (κ2) is 3.06. The number of anilines is 1. The van der Waals surface area contributed by atoms with Crippen molar-refractivity contribution in [3.8, 4) is 5.82 Å². The Hall–Kier alpha value is -1.55. The highest BCUT2D eigenvalue weighted by Crippen LogP contribution is 2.10. The number of rotatable bonds is 1. The van der Waals surface area contributed by atoms with Crippen LogP contribution in [0.5, 0.6) is 0 Å². The normalized spacial score (nSPS) is 10.2. The third-order valence-corrected chi connectivity index (χ3v) is 1.74. The first kappa shape index (κ1) is 8.07. The van der Waals surface area contributed by atoms with Crippen LogP contribution in [0.2, 0.25) is 5.02 Å². The average molecular weight is 195 g/mol. The molecule has 66 valence electrons. The van der Waals surface area contributed by atoms with Crippen molar-refractivity contribution in [2.45, 2.75) is 0 Å². The highest BCUT2D eigenvalue weighted by atomic mass is 35.5. The number of hydrogen-bond acceptors (Lipinski definition) is 3. The first-order chi connectivity index (χ1) is 6.25. The quantitative estimate of drug-likeness (QED) is 0.749. The number of nitrogens with two attached hydrogens (primary N) is 1. The van der Waals surface area contributed by atoms with E-state index < -0.39 is 0 Å². The van der Waals surface area contributed by atoms with Crippen LogP contribution < -0.4 is 5.73 Å². The zero-order valence-corrected chi connectivity index (χ0v) is 7.44. The van der Waals surface area contributed by atoms with Crippen LogP contribution in [0.15, 0.2) is 30.6 Å². The van der Waals surface area contributed by atoms with Gasteiger partial charge in [0.25, 0.3) is 0 Å². The van der Waals surface area contributed by atoms with Crippen LogP contribution in [0.4, 0.5) is 5.82 Å². The fourth-order valence-corrected chi connectivity index (χ4v) is 1.13. The second-order valence-electron chi connectivity index (χ2n) is 2.52. The molecule has 0 aliphatic carbocycles. The minimum absolute atomic E-state index is 0.462. The predicted octanol–water partition coefficient (Wildman–Crippen LogP) is 1.50. The van der Waals surface area contributed by atoms with Gasteiger partial charge in [-0.3, -0.25) is 0 Å². The molecule has 2 aromatic rings. The third-order valence-electron chi connectivity index (χ3n) is 1.54. The lowest BCUT2D eigenvalue weighted by atomic mass is 10.4. The number of nitrogens with zero attached hydrogens (tertiary/aromatic N) is 3. The lowest BCUT2D eigenvalue weighted by molar-refractivity contribution is 0.849. The van der Waals surface area contributed by atoms with Crippen molar-refractivity contribution in [2.75, 3.05) is 5.73 Å². The zero-order chi connectivity index (χ0) is 9.26. The van der Waals surface area contributed by atoms with E-state index in [0.717, 1.165) is 0 Å². The lowest BCUT2D eigenvalue weighted by Gasteiger charge is -1.99. The Bertz CT molecular complexity index is 424. The predicted molar refractivity (Wildman–Crippen MR) is 50.8 cm³/mol. The van der Waals surface area contributed by atoms with E-state index >= 15 is 0 Å². The van der Waals surface area contributed by atoms with Gasteiger partial charge >= 0.3 is 0 Å². The molecule has 4 nitrogen and oxygen atoms in total. The minimum Gasteiger partial charge on any atom is -0.384 e. The molecular formula is C8H7ClN4. The van der Waals surface area contributed by atoms with Crippen molar-refractivity contribution in [3.63, 3.8) is 0 Å². The van der Waals surface area contributed by atoms with Crippen LogP contribution in [-0.2, 0) is 0 Å². The zero-order valence-electron chi connectivity index (χ0n) is 6.68. The monoisotopic (exact) mass is 194 g/mol. The van der Waals surface area contributed by atoms with Gasteiger partial charge in [0.2, 0.25) is 0 Å². The lowest BCUT2D eigenvalue weighted by Crippen LogP contribution is -1.99. The van der Waals surface area contributed by atoms with E-state index in [9.17, 15) is 0 Å². The van der Waals surface area contributed by atoms with Crippen molar-refractivity contribution in [1.82, 2.24) is 14.8 Å². The van der Waals surface area contributed by atoms with Crippen LogP contribution in [0, 0.1) is 0 Å². The maximum absolute atomic E-state index is 5.71. The fraction of sp³-hybridized carbons (Fsp3) is 0. The molecule has 0 atom stereocenters. The Kier molecular flexibility index (Phi) is 1.90. The molecular weight excluding hydrogens is 188 g/mol. The van der Waals surface area contributed by atoms with Gasteiger partial charge in [0.1, 0.15) is 5.82 Å². The SMILES string of the molecule is Nc1cccc(-n2cc(Cl)cn2)n1. The summed E-state index contributed by atoms with van der Waals surface area (Å²) in [7, 11) is 0. The van der Waals surface area contributed by atoms with Crippen LogP contribution >= 0.6 is 11.6 Å². The first-order valence-electron chi connectivity index (χ1n) is 3.69. The van der Waals surface area contributed by atoms with E-state index in [0.29, 0.717) is 16.7 Å². The maximum Gasteiger partial charge on any atom is 0.155 e. The summed E-state index contributed by atoms with van der Waals surface area (Å²) in [6.07, 6.45) is 3.22. The van der Waals surface area contributed by atoms with Gasteiger partial charge in [-0.1, -0.05) is 17.7 Å². The summed E-state index contributed by atoms with van der Waals surface area (Å²) in [5, 5.41) is 4.57. The van der Waals surface area contributed by atoms with Crippen molar-refractivity contribution in [2.24, 2.45) is 0 Å². The number of aromatic nitrogens is 3. The summed E-state index contributed by atoms with van der Waals surface area (Å²) in [5.41, 5.74) is 5.52. The highest BCUT2D eigenvalue weighted by molar-refractivity contribution is 6.30. The molecule has 2 N–H and O–H groups in total. The summed E-state index contributed by atoms with van der Waals surface area (Å²) in [4.78, 5) is 4.08. The molecule has 0 unspecified atom stereocenters. The van der Waals surface area contributed by atoms with Gasteiger partial charge in [-0.05, 0) is 12.1 Å². The topological polar surface area (TPSA) is 56.7 Å². The average Bonchev–Trinajstić information content (AvgIpc) is 2.52. The highest BCUT2D eigenvalue weighted by Gasteiger charge is 1.99. The number of pyridine rings is 1. The standard InChI is InChI=1S/C8H7ClN4/c9-6-4-11-13(5-6)8-3-1-2-7(10)12-8/h1-5H,(H2,10,12). The molecule has 2 heterocycles. The fourth-order valence-electron chi connectivity index (χ4n) is 0.993. The number of hydrogen-bond donors (Lipinski definition) is 1.